The highest BCUT2D eigenvalue weighted by Gasteiger charge is 2.29. The highest BCUT2D eigenvalue weighted by molar-refractivity contribution is 5.79. The van der Waals surface area contributed by atoms with Crippen molar-refractivity contribution in [3.63, 3.8) is 0 Å². The second-order valence-corrected chi connectivity index (χ2v) is 6.54. The largest absolute Gasteiger partial charge is 0.381 e. The zero-order chi connectivity index (χ0) is 17.2. The second kappa shape index (κ2) is 6.88. The van der Waals surface area contributed by atoms with Crippen LogP contribution >= 0.6 is 0 Å². The van der Waals surface area contributed by atoms with Gasteiger partial charge in [-0.05, 0) is 37.1 Å². The van der Waals surface area contributed by atoms with Crippen molar-refractivity contribution in [1.29, 1.82) is 0 Å². The number of ether oxygens (including phenoxy) is 1. The second-order valence-electron chi connectivity index (χ2n) is 6.54. The number of aromatic nitrogens is 2. The summed E-state index contributed by atoms with van der Waals surface area (Å²) in [4.78, 5) is 23.4. The Morgan fingerprint density at radius 2 is 1.96 bits per heavy atom. The van der Waals surface area contributed by atoms with Gasteiger partial charge in [-0.3, -0.25) is 4.79 Å². The van der Waals surface area contributed by atoms with E-state index in [0.717, 1.165) is 28.9 Å². The first-order valence-corrected chi connectivity index (χ1v) is 8.67. The minimum Gasteiger partial charge on any atom is -0.381 e. The monoisotopic (exact) mass is 341 g/mol. The average Bonchev–Trinajstić information content (AvgIpc) is 3.08. The van der Waals surface area contributed by atoms with E-state index in [1.165, 1.54) is 12.1 Å². The van der Waals surface area contributed by atoms with Gasteiger partial charge in [0.25, 0.3) is 0 Å². The number of hydrogen-bond acceptors (Lipinski definition) is 4. The van der Waals surface area contributed by atoms with Crippen LogP contribution in [-0.4, -0.2) is 47.1 Å². The molecule has 1 unspecified atom stereocenters. The van der Waals surface area contributed by atoms with Gasteiger partial charge in [0.05, 0.1) is 18.2 Å². The van der Waals surface area contributed by atoms with Crippen LogP contribution in [0, 0.1) is 11.7 Å². The summed E-state index contributed by atoms with van der Waals surface area (Å²) in [5.41, 5.74) is 3.76. The number of nitrogens with zero attached hydrogens (tertiary/aromatic N) is 3. The number of amides is 1. The molecular formula is C19H20FN3O2. The molecule has 2 aromatic rings. The molecule has 1 aromatic heterocycles. The lowest BCUT2D eigenvalue weighted by Gasteiger charge is -2.23. The SMILES string of the molecule is O=C(C1CCOC1)N1CCc2ncnc(-c3ccc(F)cc3)c2CC1. The fourth-order valence-corrected chi connectivity index (χ4v) is 3.59. The molecule has 25 heavy (non-hydrogen) atoms. The Balaban J connectivity index is 1.58. The van der Waals surface area contributed by atoms with Crippen LogP contribution < -0.4 is 0 Å². The highest BCUT2D eigenvalue weighted by atomic mass is 19.1. The maximum absolute atomic E-state index is 13.2. The Kier molecular flexibility index (Phi) is 4.44. The first-order valence-electron chi connectivity index (χ1n) is 8.67. The van der Waals surface area contributed by atoms with Crippen LogP contribution in [0.4, 0.5) is 4.39 Å². The summed E-state index contributed by atoms with van der Waals surface area (Å²) in [6.07, 6.45) is 3.79. The minimum atomic E-state index is -0.264. The standard InChI is InChI=1S/C19H20FN3O2/c20-15-3-1-13(2-4-15)18-16-5-8-23(9-6-17(16)21-12-22-18)19(24)14-7-10-25-11-14/h1-4,12,14H,5-11H2. The van der Waals surface area contributed by atoms with Crippen molar-refractivity contribution in [3.05, 3.63) is 47.7 Å². The van der Waals surface area contributed by atoms with Gasteiger partial charge >= 0.3 is 0 Å². The summed E-state index contributed by atoms with van der Waals surface area (Å²) in [7, 11) is 0. The quantitative estimate of drug-likeness (QED) is 0.841. The van der Waals surface area contributed by atoms with Crippen LogP contribution in [0.5, 0.6) is 0 Å². The van der Waals surface area contributed by atoms with Gasteiger partial charge in [0.1, 0.15) is 12.1 Å². The van der Waals surface area contributed by atoms with Crippen molar-refractivity contribution in [2.45, 2.75) is 19.3 Å². The van der Waals surface area contributed by atoms with Gasteiger partial charge < -0.3 is 9.64 Å². The Morgan fingerprint density at radius 3 is 2.72 bits per heavy atom. The minimum absolute atomic E-state index is 0.0103. The number of benzene rings is 1. The third-order valence-corrected chi connectivity index (χ3v) is 4.99. The predicted octanol–water partition coefficient (Wildman–Crippen LogP) is 2.25. The first-order chi connectivity index (χ1) is 12.2. The fraction of sp³-hybridized carbons (Fsp3) is 0.421. The topological polar surface area (TPSA) is 55.3 Å². The fourth-order valence-electron chi connectivity index (χ4n) is 3.59. The summed E-state index contributed by atoms with van der Waals surface area (Å²) in [5, 5.41) is 0. The molecule has 1 saturated heterocycles. The molecule has 5 nitrogen and oxygen atoms in total. The van der Waals surface area contributed by atoms with Crippen molar-refractivity contribution < 1.29 is 13.9 Å². The van der Waals surface area contributed by atoms with Crippen molar-refractivity contribution in [1.82, 2.24) is 14.9 Å². The normalized spacial score (nSPS) is 20.2. The molecule has 1 amide bonds. The molecule has 3 heterocycles. The predicted molar refractivity (Wildman–Crippen MR) is 90.3 cm³/mol. The lowest BCUT2D eigenvalue weighted by atomic mass is 10.0. The number of rotatable bonds is 2. The van der Waals surface area contributed by atoms with Gasteiger partial charge in [-0.15, -0.1) is 0 Å². The molecule has 1 aromatic carbocycles. The molecule has 0 N–H and O–H groups in total. The summed E-state index contributed by atoms with van der Waals surface area (Å²) in [6.45, 7) is 2.53. The van der Waals surface area contributed by atoms with E-state index in [9.17, 15) is 9.18 Å². The van der Waals surface area contributed by atoms with Crippen molar-refractivity contribution in [3.8, 4) is 11.3 Å². The van der Waals surface area contributed by atoms with Gasteiger partial charge in [-0.2, -0.15) is 0 Å². The Hall–Kier alpha value is -2.34. The van der Waals surface area contributed by atoms with Crippen molar-refractivity contribution in [2.24, 2.45) is 5.92 Å². The van der Waals surface area contributed by atoms with E-state index in [1.54, 1.807) is 18.5 Å². The molecule has 0 saturated carbocycles. The maximum Gasteiger partial charge on any atom is 0.228 e. The van der Waals surface area contributed by atoms with E-state index < -0.39 is 0 Å². The van der Waals surface area contributed by atoms with Crippen molar-refractivity contribution in [2.75, 3.05) is 26.3 Å². The van der Waals surface area contributed by atoms with E-state index in [-0.39, 0.29) is 17.6 Å². The van der Waals surface area contributed by atoms with Crippen LogP contribution in [0.25, 0.3) is 11.3 Å². The van der Waals surface area contributed by atoms with Gasteiger partial charge in [0.15, 0.2) is 0 Å². The van der Waals surface area contributed by atoms with Crippen LogP contribution in [0.15, 0.2) is 30.6 Å². The van der Waals surface area contributed by atoms with E-state index in [4.69, 9.17) is 4.74 Å². The third-order valence-electron chi connectivity index (χ3n) is 4.99. The molecule has 1 fully saturated rings. The van der Waals surface area contributed by atoms with Crippen LogP contribution in [0.3, 0.4) is 0 Å². The molecule has 0 bridgehead atoms. The van der Waals surface area contributed by atoms with Gasteiger partial charge in [-0.25, -0.2) is 14.4 Å². The average molecular weight is 341 g/mol. The number of halogens is 1. The molecule has 6 heteroatoms. The highest BCUT2D eigenvalue weighted by Crippen LogP contribution is 2.27. The number of hydrogen-bond donors (Lipinski definition) is 0. The molecule has 0 radical (unpaired) electrons. The Bertz CT molecular complexity index is 773. The van der Waals surface area contributed by atoms with Gasteiger partial charge in [0.2, 0.25) is 5.91 Å². The van der Waals surface area contributed by atoms with Gasteiger partial charge in [0, 0.05) is 42.9 Å². The molecule has 2 aliphatic rings. The van der Waals surface area contributed by atoms with E-state index in [1.807, 2.05) is 4.90 Å². The molecular weight excluding hydrogens is 321 g/mol. The number of carbonyl (C=O) groups is 1. The number of carbonyl (C=O) groups excluding carboxylic acids is 1. The summed E-state index contributed by atoms with van der Waals surface area (Å²) >= 11 is 0. The third kappa shape index (κ3) is 3.26. The zero-order valence-corrected chi connectivity index (χ0v) is 13.9. The first kappa shape index (κ1) is 16.1. The van der Waals surface area contributed by atoms with Crippen molar-refractivity contribution >= 4 is 5.91 Å². The molecule has 0 spiro atoms. The smallest absolute Gasteiger partial charge is 0.228 e. The molecule has 1 atom stereocenters. The summed E-state index contributed by atoms with van der Waals surface area (Å²) < 4.78 is 18.6. The Labute approximate surface area is 145 Å². The van der Waals surface area contributed by atoms with E-state index >= 15 is 0 Å². The summed E-state index contributed by atoms with van der Waals surface area (Å²) in [5.74, 6) is -0.0927. The molecule has 2 aliphatic heterocycles. The van der Waals surface area contributed by atoms with Crippen LogP contribution in [-0.2, 0) is 22.4 Å². The van der Waals surface area contributed by atoms with Crippen LogP contribution in [0.2, 0.25) is 0 Å². The Morgan fingerprint density at radius 1 is 1.16 bits per heavy atom. The van der Waals surface area contributed by atoms with E-state index in [0.29, 0.717) is 39.1 Å². The molecule has 130 valence electrons. The van der Waals surface area contributed by atoms with Crippen LogP contribution in [0.1, 0.15) is 17.7 Å². The molecule has 4 rings (SSSR count). The lowest BCUT2D eigenvalue weighted by molar-refractivity contribution is -0.135. The van der Waals surface area contributed by atoms with E-state index in [2.05, 4.69) is 9.97 Å². The number of fused-ring (bicyclic) bond motifs is 1. The maximum atomic E-state index is 13.2. The summed E-state index contributed by atoms with van der Waals surface area (Å²) in [6, 6.07) is 6.36. The molecule has 0 aliphatic carbocycles. The zero-order valence-electron chi connectivity index (χ0n) is 13.9. The van der Waals surface area contributed by atoms with Gasteiger partial charge in [-0.1, -0.05) is 0 Å². The lowest BCUT2D eigenvalue weighted by Crippen LogP contribution is -2.38.